The molecule has 3 rings (SSSR count). The van der Waals surface area contributed by atoms with E-state index >= 15 is 0 Å². The summed E-state index contributed by atoms with van der Waals surface area (Å²) in [5.41, 5.74) is -0.617. The van der Waals surface area contributed by atoms with Crippen molar-refractivity contribution in [1.29, 1.82) is 0 Å². The summed E-state index contributed by atoms with van der Waals surface area (Å²) < 4.78 is 44.2. The number of ether oxygens (including phenoxy) is 1. The van der Waals surface area contributed by atoms with Gasteiger partial charge in [0.1, 0.15) is 6.54 Å². The van der Waals surface area contributed by atoms with E-state index in [1.54, 1.807) is 0 Å². The first-order valence-corrected chi connectivity index (χ1v) is 8.73. The zero-order valence-electron chi connectivity index (χ0n) is 14.7. The summed E-state index contributed by atoms with van der Waals surface area (Å²) in [5.74, 6) is -8.38. The molecule has 1 saturated heterocycles. The van der Waals surface area contributed by atoms with Crippen LogP contribution < -0.4 is 5.32 Å². The molecule has 1 heterocycles. The smallest absolute Gasteiger partial charge is 0.326 e. The van der Waals surface area contributed by atoms with E-state index in [9.17, 15) is 32.3 Å². The molecule has 28 heavy (non-hydrogen) atoms. The third-order valence-corrected chi connectivity index (χ3v) is 4.89. The van der Waals surface area contributed by atoms with Crippen LogP contribution in [0.2, 0.25) is 0 Å². The topological polar surface area (TPSA) is 92.8 Å². The predicted molar refractivity (Wildman–Crippen MR) is 88.1 cm³/mol. The molecule has 1 saturated carbocycles. The highest BCUT2D eigenvalue weighted by atomic mass is 19.2. The van der Waals surface area contributed by atoms with E-state index in [1.165, 1.54) is 0 Å². The van der Waals surface area contributed by atoms with Gasteiger partial charge in [-0.15, -0.1) is 0 Å². The van der Waals surface area contributed by atoms with Gasteiger partial charge in [0.2, 0.25) is 11.8 Å². The van der Waals surface area contributed by atoms with Gasteiger partial charge in [-0.05, 0) is 25.0 Å². The van der Waals surface area contributed by atoms with E-state index in [1.807, 2.05) is 5.32 Å². The molecule has 7 nitrogen and oxygen atoms in total. The number of imide groups is 1. The Morgan fingerprint density at radius 3 is 2.25 bits per heavy atom. The van der Waals surface area contributed by atoms with Gasteiger partial charge >= 0.3 is 5.97 Å². The van der Waals surface area contributed by atoms with Crippen molar-refractivity contribution in [2.75, 3.05) is 18.5 Å². The van der Waals surface area contributed by atoms with Gasteiger partial charge in [-0.25, -0.2) is 13.2 Å². The van der Waals surface area contributed by atoms with Crippen LogP contribution in [0, 0.1) is 29.3 Å². The summed E-state index contributed by atoms with van der Waals surface area (Å²) in [6, 6.07) is 1.45. The Kier molecular flexibility index (Phi) is 5.66. The van der Waals surface area contributed by atoms with Crippen molar-refractivity contribution < 1.29 is 37.1 Å². The van der Waals surface area contributed by atoms with E-state index in [0.29, 0.717) is 18.9 Å². The van der Waals surface area contributed by atoms with Gasteiger partial charge in [0.05, 0.1) is 17.5 Å². The fraction of sp³-hybridized carbons (Fsp3) is 0.444. The number of hydrogen-bond acceptors (Lipinski definition) is 5. The highest BCUT2D eigenvalue weighted by molar-refractivity contribution is 6.07. The van der Waals surface area contributed by atoms with E-state index in [4.69, 9.17) is 4.74 Å². The van der Waals surface area contributed by atoms with Gasteiger partial charge in [-0.1, -0.05) is 12.8 Å². The van der Waals surface area contributed by atoms with Crippen LogP contribution in [0.15, 0.2) is 12.1 Å². The molecular formula is C18H17F3N2O5. The van der Waals surface area contributed by atoms with Crippen molar-refractivity contribution in [2.45, 2.75) is 25.7 Å². The van der Waals surface area contributed by atoms with Crippen LogP contribution >= 0.6 is 0 Å². The lowest BCUT2D eigenvalue weighted by atomic mass is 9.81. The van der Waals surface area contributed by atoms with Crippen molar-refractivity contribution in [1.82, 2.24) is 4.90 Å². The number of fused-ring (bicyclic) bond motifs is 1. The molecule has 1 N–H and O–H groups in total. The Balaban J connectivity index is 1.52. The summed E-state index contributed by atoms with van der Waals surface area (Å²) in [6.07, 6.45) is 2.89. The molecule has 2 unspecified atom stereocenters. The van der Waals surface area contributed by atoms with Gasteiger partial charge in [-0.3, -0.25) is 24.1 Å². The molecule has 0 spiro atoms. The number of rotatable bonds is 5. The second-order valence-electron chi connectivity index (χ2n) is 6.69. The van der Waals surface area contributed by atoms with Gasteiger partial charge in [0.15, 0.2) is 24.1 Å². The molecule has 0 bridgehead atoms. The third-order valence-electron chi connectivity index (χ3n) is 4.89. The van der Waals surface area contributed by atoms with Crippen molar-refractivity contribution >= 4 is 29.4 Å². The average Bonchev–Trinajstić information content (AvgIpc) is 2.92. The molecule has 2 aliphatic rings. The number of benzene rings is 1. The number of nitrogens with zero attached hydrogens (tertiary/aromatic N) is 1. The molecule has 1 aromatic rings. The van der Waals surface area contributed by atoms with Crippen LogP contribution in [0.4, 0.5) is 18.9 Å². The lowest BCUT2D eigenvalue weighted by Gasteiger charge is -2.19. The maximum atomic E-state index is 13.5. The van der Waals surface area contributed by atoms with Crippen LogP contribution in [0.5, 0.6) is 0 Å². The van der Waals surface area contributed by atoms with E-state index in [2.05, 4.69) is 0 Å². The Labute approximate surface area is 157 Å². The quantitative estimate of drug-likeness (QED) is 0.464. The zero-order valence-corrected chi connectivity index (χ0v) is 14.7. The fourth-order valence-electron chi connectivity index (χ4n) is 3.52. The minimum absolute atomic E-state index is 0.409. The Morgan fingerprint density at radius 2 is 1.64 bits per heavy atom. The fourth-order valence-corrected chi connectivity index (χ4v) is 3.52. The highest BCUT2D eigenvalue weighted by Gasteiger charge is 2.48. The van der Waals surface area contributed by atoms with Crippen molar-refractivity contribution in [3.8, 4) is 0 Å². The second kappa shape index (κ2) is 7.99. The molecule has 3 amide bonds. The first-order valence-electron chi connectivity index (χ1n) is 8.73. The van der Waals surface area contributed by atoms with E-state index in [0.717, 1.165) is 23.8 Å². The van der Waals surface area contributed by atoms with E-state index < -0.39 is 71.8 Å². The average molecular weight is 398 g/mol. The minimum Gasteiger partial charge on any atom is -0.454 e. The first-order chi connectivity index (χ1) is 13.3. The number of carbonyl (C=O) groups is 4. The molecule has 10 heteroatoms. The molecule has 150 valence electrons. The molecular weight excluding hydrogens is 381 g/mol. The van der Waals surface area contributed by atoms with Crippen LogP contribution in [0.3, 0.4) is 0 Å². The van der Waals surface area contributed by atoms with Crippen LogP contribution in [-0.2, 0) is 23.9 Å². The molecule has 0 aromatic heterocycles. The standard InChI is InChI=1S/C18H17F3N2O5/c19-11-5-6-12(16(21)15(11)20)22-13(24)8-28-14(25)7-23-17(26)9-3-1-2-4-10(9)18(23)27/h5-6,9-10H,1-4,7-8H2,(H,22,24). The van der Waals surface area contributed by atoms with Crippen molar-refractivity contribution in [3.63, 3.8) is 0 Å². The third kappa shape index (κ3) is 3.85. The maximum absolute atomic E-state index is 13.5. The van der Waals surface area contributed by atoms with Gasteiger partial charge in [0, 0.05) is 0 Å². The predicted octanol–water partition coefficient (Wildman–Crippen LogP) is 1.76. The number of hydrogen-bond donors (Lipinski definition) is 1. The van der Waals surface area contributed by atoms with Gasteiger partial charge in [-0.2, -0.15) is 0 Å². The molecule has 1 aromatic carbocycles. The number of anilines is 1. The number of halogens is 3. The largest absolute Gasteiger partial charge is 0.454 e. The van der Waals surface area contributed by atoms with Crippen LogP contribution in [0.25, 0.3) is 0 Å². The number of carbonyl (C=O) groups excluding carboxylic acids is 4. The zero-order chi connectivity index (χ0) is 20.4. The van der Waals surface area contributed by atoms with Gasteiger partial charge < -0.3 is 10.1 Å². The lowest BCUT2D eigenvalue weighted by molar-refractivity contribution is -0.154. The molecule has 2 atom stereocenters. The summed E-state index contributed by atoms with van der Waals surface area (Å²) in [5, 5.41) is 1.94. The lowest BCUT2D eigenvalue weighted by Crippen LogP contribution is -2.37. The Bertz CT molecular complexity index is 821. The van der Waals surface area contributed by atoms with Crippen LogP contribution in [-0.4, -0.2) is 41.7 Å². The van der Waals surface area contributed by atoms with E-state index in [-0.39, 0.29) is 0 Å². The SMILES string of the molecule is O=C(COC(=O)CN1C(=O)C2CCCCC2C1=O)Nc1ccc(F)c(F)c1F. The number of esters is 1. The second-order valence-corrected chi connectivity index (χ2v) is 6.69. The molecule has 1 aliphatic heterocycles. The highest BCUT2D eigenvalue weighted by Crippen LogP contribution is 2.37. The Morgan fingerprint density at radius 1 is 1.04 bits per heavy atom. The van der Waals surface area contributed by atoms with Crippen molar-refractivity contribution in [2.24, 2.45) is 11.8 Å². The van der Waals surface area contributed by atoms with Gasteiger partial charge in [0.25, 0.3) is 5.91 Å². The normalized spacial score (nSPS) is 21.5. The monoisotopic (exact) mass is 398 g/mol. The van der Waals surface area contributed by atoms with Crippen LogP contribution in [0.1, 0.15) is 25.7 Å². The first kappa shape index (κ1) is 19.8. The van der Waals surface area contributed by atoms with Crippen molar-refractivity contribution in [3.05, 3.63) is 29.6 Å². The molecule has 0 radical (unpaired) electrons. The molecule has 1 aliphatic carbocycles. The number of nitrogens with one attached hydrogen (secondary N) is 1. The number of amides is 3. The minimum atomic E-state index is -1.75. The summed E-state index contributed by atoms with van der Waals surface area (Å²) >= 11 is 0. The summed E-state index contributed by atoms with van der Waals surface area (Å²) in [7, 11) is 0. The summed E-state index contributed by atoms with van der Waals surface area (Å²) in [4.78, 5) is 49.0. The maximum Gasteiger partial charge on any atom is 0.326 e. The number of likely N-dealkylation sites (tertiary alicyclic amines) is 1. The Hall–Kier alpha value is -2.91. The summed E-state index contributed by atoms with van der Waals surface area (Å²) in [6.45, 7) is -1.46. The molecule has 2 fully saturated rings.